The first-order chi connectivity index (χ1) is 13.0. The number of H-pyrrole nitrogens is 1. The molecule has 0 radical (unpaired) electrons. The number of amides is 2. The van der Waals surface area contributed by atoms with Crippen molar-refractivity contribution in [2.45, 2.75) is 6.92 Å². The number of hydrogen-bond donors (Lipinski definition) is 1. The van der Waals surface area contributed by atoms with Gasteiger partial charge in [0.05, 0.1) is 18.1 Å². The van der Waals surface area contributed by atoms with E-state index in [0.717, 1.165) is 0 Å². The van der Waals surface area contributed by atoms with Gasteiger partial charge in [-0.05, 0) is 37.3 Å². The molecule has 6 nitrogen and oxygen atoms in total. The van der Waals surface area contributed by atoms with Crippen LogP contribution in [0.2, 0.25) is 0 Å². The quantitative estimate of drug-likeness (QED) is 0.751. The summed E-state index contributed by atoms with van der Waals surface area (Å²) >= 11 is 0. The summed E-state index contributed by atoms with van der Waals surface area (Å²) in [6, 6.07) is 12.9. The van der Waals surface area contributed by atoms with Gasteiger partial charge < -0.3 is 14.8 Å². The van der Waals surface area contributed by atoms with Gasteiger partial charge in [-0.15, -0.1) is 0 Å². The molecule has 0 aliphatic carbocycles. The van der Waals surface area contributed by atoms with Gasteiger partial charge in [0.15, 0.2) is 0 Å². The molecule has 1 N–H and O–H groups in total. The number of carbonyl (C=O) groups is 2. The minimum absolute atomic E-state index is 0.00615. The zero-order valence-corrected chi connectivity index (χ0v) is 15.0. The molecule has 0 saturated heterocycles. The molecule has 0 aliphatic rings. The summed E-state index contributed by atoms with van der Waals surface area (Å²) < 4.78 is 14.0. The van der Waals surface area contributed by atoms with Gasteiger partial charge in [0.25, 0.3) is 11.8 Å². The Morgan fingerprint density at radius 2 is 1.81 bits per heavy atom. The largest absolute Gasteiger partial charge is 0.341 e. The standard InChI is InChI=1S/C20H19FN4O2/c1-3-25(19(26)16-9-4-5-10-17(16)21)15-8-6-7-14(11-15)24(2)20(27)18-12-22-13-23-18/h4-13H,3H2,1-2H3,(H,22,23). The molecule has 0 saturated carbocycles. The number of hydrogen-bond acceptors (Lipinski definition) is 3. The molecule has 27 heavy (non-hydrogen) atoms. The third-order valence-corrected chi connectivity index (χ3v) is 4.23. The van der Waals surface area contributed by atoms with Gasteiger partial charge in [0, 0.05) is 25.0 Å². The number of aromatic amines is 1. The summed E-state index contributed by atoms with van der Waals surface area (Å²) in [6.07, 6.45) is 2.88. The topological polar surface area (TPSA) is 69.3 Å². The van der Waals surface area contributed by atoms with Crippen LogP contribution in [0.1, 0.15) is 27.8 Å². The van der Waals surface area contributed by atoms with Crippen molar-refractivity contribution < 1.29 is 14.0 Å². The summed E-state index contributed by atoms with van der Waals surface area (Å²) in [7, 11) is 1.64. The molecule has 0 spiro atoms. The number of anilines is 2. The maximum atomic E-state index is 14.0. The van der Waals surface area contributed by atoms with E-state index in [4.69, 9.17) is 0 Å². The highest BCUT2D eigenvalue weighted by Gasteiger charge is 2.21. The molecule has 1 heterocycles. The van der Waals surface area contributed by atoms with Crippen molar-refractivity contribution in [3.05, 3.63) is 78.1 Å². The Morgan fingerprint density at radius 3 is 2.48 bits per heavy atom. The van der Waals surface area contributed by atoms with Crippen LogP contribution in [0.4, 0.5) is 15.8 Å². The lowest BCUT2D eigenvalue weighted by atomic mass is 10.1. The maximum absolute atomic E-state index is 14.0. The van der Waals surface area contributed by atoms with Crippen molar-refractivity contribution in [3.63, 3.8) is 0 Å². The third-order valence-electron chi connectivity index (χ3n) is 4.23. The molecule has 0 unspecified atom stereocenters. The summed E-state index contributed by atoms with van der Waals surface area (Å²) in [5, 5.41) is 0. The Kier molecular flexibility index (Phi) is 5.30. The number of nitrogens with one attached hydrogen (secondary N) is 1. The molecule has 1 aromatic heterocycles. The van der Waals surface area contributed by atoms with E-state index in [9.17, 15) is 14.0 Å². The number of halogens is 1. The van der Waals surface area contributed by atoms with Gasteiger partial charge in [-0.2, -0.15) is 0 Å². The van der Waals surface area contributed by atoms with E-state index in [1.165, 1.54) is 34.5 Å². The van der Waals surface area contributed by atoms with Crippen molar-refractivity contribution in [2.24, 2.45) is 0 Å². The van der Waals surface area contributed by atoms with Crippen molar-refractivity contribution in [2.75, 3.05) is 23.4 Å². The number of nitrogens with zero attached hydrogens (tertiary/aromatic N) is 3. The van der Waals surface area contributed by atoms with E-state index in [1.807, 2.05) is 6.92 Å². The van der Waals surface area contributed by atoms with Crippen LogP contribution in [0.3, 0.4) is 0 Å². The number of benzene rings is 2. The van der Waals surface area contributed by atoms with E-state index in [1.54, 1.807) is 43.4 Å². The Balaban J connectivity index is 1.90. The Labute approximate surface area is 156 Å². The fraction of sp³-hybridized carbons (Fsp3) is 0.150. The number of carbonyl (C=O) groups excluding carboxylic acids is 2. The van der Waals surface area contributed by atoms with Crippen molar-refractivity contribution in [3.8, 4) is 0 Å². The minimum Gasteiger partial charge on any atom is -0.341 e. The molecule has 3 rings (SSSR count). The summed E-state index contributed by atoms with van der Waals surface area (Å²) in [5.41, 5.74) is 1.55. The van der Waals surface area contributed by atoms with Crippen LogP contribution in [-0.4, -0.2) is 35.4 Å². The number of rotatable bonds is 5. The van der Waals surface area contributed by atoms with Crippen LogP contribution in [-0.2, 0) is 0 Å². The second kappa shape index (κ2) is 7.82. The number of aromatic nitrogens is 2. The van der Waals surface area contributed by atoms with Gasteiger partial charge in [0.1, 0.15) is 11.5 Å². The minimum atomic E-state index is -0.566. The molecule has 0 fully saturated rings. The van der Waals surface area contributed by atoms with E-state index in [-0.39, 0.29) is 11.5 Å². The highest BCUT2D eigenvalue weighted by Crippen LogP contribution is 2.24. The normalized spacial score (nSPS) is 10.5. The second-order valence-electron chi connectivity index (χ2n) is 5.88. The zero-order chi connectivity index (χ0) is 19.4. The van der Waals surface area contributed by atoms with Crippen LogP contribution in [0.15, 0.2) is 61.1 Å². The summed E-state index contributed by atoms with van der Waals surface area (Å²) in [4.78, 5) is 34.8. The number of imidazole rings is 1. The predicted octanol–water partition coefficient (Wildman–Crippen LogP) is 3.49. The first-order valence-electron chi connectivity index (χ1n) is 8.45. The van der Waals surface area contributed by atoms with E-state index < -0.39 is 11.7 Å². The van der Waals surface area contributed by atoms with Crippen LogP contribution in [0.25, 0.3) is 0 Å². The van der Waals surface area contributed by atoms with Crippen molar-refractivity contribution in [1.82, 2.24) is 9.97 Å². The molecule has 2 amide bonds. The SMILES string of the molecule is CCN(C(=O)c1ccccc1F)c1cccc(N(C)C(=O)c2cnc[nH]2)c1. The second-order valence-corrected chi connectivity index (χ2v) is 5.88. The fourth-order valence-corrected chi connectivity index (χ4v) is 2.76. The molecule has 3 aromatic rings. The summed E-state index contributed by atoms with van der Waals surface area (Å²) in [5.74, 6) is -1.26. The van der Waals surface area contributed by atoms with E-state index >= 15 is 0 Å². The lowest BCUT2D eigenvalue weighted by molar-refractivity contribution is 0.0979. The van der Waals surface area contributed by atoms with Gasteiger partial charge >= 0.3 is 0 Å². The van der Waals surface area contributed by atoms with Gasteiger partial charge in [-0.25, -0.2) is 9.37 Å². The Bertz CT molecular complexity index is 956. The van der Waals surface area contributed by atoms with Gasteiger partial charge in [-0.3, -0.25) is 9.59 Å². The molecule has 138 valence electrons. The first kappa shape index (κ1) is 18.3. The highest BCUT2D eigenvalue weighted by molar-refractivity contribution is 6.07. The molecule has 0 atom stereocenters. The van der Waals surface area contributed by atoms with Gasteiger partial charge in [-0.1, -0.05) is 18.2 Å². The maximum Gasteiger partial charge on any atom is 0.276 e. The van der Waals surface area contributed by atoms with Gasteiger partial charge in [0.2, 0.25) is 0 Å². The molecular formula is C20H19FN4O2. The Hall–Kier alpha value is -3.48. The van der Waals surface area contributed by atoms with Crippen LogP contribution in [0.5, 0.6) is 0 Å². The van der Waals surface area contributed by atoms with E-state index in [0.29, 0.717) is 23.6 Å². The Morgan fingerprint density at radius 1 is 1.07 bits per heavy atom. The smallest absolute Gasteiger partial charge is 0.276 e. The molecular weight excluding hydrogens is 347 g/mol. The monoisotopic (exact) mass is 366 g/mol. The molecule has 0 aliphatic heterocycles. The van der Waals surface area contributed by atoms with E-state index in [2.05, 4.69) is 9.97 Å². The average Bonchev–Trinajstić information content (AvgIpc) is 3.22. The molecule has 2 aromatic carbocycles. The van der Waals surface area contributed by atoms with Crippen LogP contribution < -0.4 is 9.80 Å². The summed E-state index contributed by atoms with van der Waals surface area (Å²) in [6.45, 7) is 2.17. The lowest BCUT2D eigenvalue weighted by Crippen LogP contribution is -2.32. The first-order valence-corrected chi connectivity index (χ1v) is 8.45. The molecule has 0 bridgehead atoms. The van der Waals surface area contributed by atoms with Crippen LogP contribution >= 0.6 is 0 Å². The zero-order valence-electron chi connectivity index (χ0n) is 15.0. The predicted molar refractivity (Wildman–Crippen MR) is 102 cm³/mol. The lowest BCUT2D eigenvalue weighted by Gasteiger charge is -2.24. The van der Waals surface area contributed by atoms with Crippen molar-refractivity contribution >= 4 is 23.2 Å². The fourth-order valence-electron chi connectivity index (χ4n) is 2.76. The van der Waals surface area contributed by atoms with Crippen molar-refractivity contribution in [1.29, 1.82) is 0 Å². The van der Waals surface area contributed by atoms with Crippen LogP contribution in [0, 0.1) is 5.82 Å². The third kappa shape index (κ3) is 3.72. The average molecular weight is 366 g/mol. The molecule has 7 heteroatoms. The highest BCUT2D eigenvalue weighted by atomic mass is 19.1.